The minimum Gasteiger partial charge on any atom is -0.385 e. The van der Waals surface area contributed by atoms with Crippen LogP contribution in [0.2, 0.25) is 5.02 Å². The Morgan fingerprint density at radius 1 is 1.06 bits per heavy atom. The van der Waals surface area contributed by atoms with E-state index >= 15 is 0 Å². The maximum atomic E-state index is 12.7. The highest BCUT2D eigenvalue weighted by Gasteiger charge is 2.35. The molecule has 31 heavy (non-hydrogen) atoms. The fraction of sp³-hybridized carbons (Fsp3) is 0.458. The van der Waals surface area contributed by atoms with Crippen LogP contribution in [0.25, 0.3) is 0 Å². The lowest BCUT2D eigenvalue weighted by atomic mass is 9.84. The van der Waals surface area contributed by atoms with E-state index < -0.39 is 5.60 Å². The van der Waals surface area contributed by atoms with E-state index in [9.17, 15) is 9.90 Å². The SMILES string of the molecule is CN(C)C1CCN(c2ccc(NC(=O)N3CCC(O)(c4ccc(Cl)cc4)CC3)cc2)C1. The van der Waals surface area contributed by atoms with Crippen molar-refractivity contribution >= 4 is 29.0 Å². The smallest absolute Gasteiger partial charge is 0.321 e. The highest BCUT2D eigenvalue weighted by atomic mass is 35.5. The lowest BCUT2D eigenvalue weighted by molar-refractivity contribution is -0.0156. The van der Waals surface area contributed by atoms with Crippen LogP contribution in [0.5, 0.6) is 0 Å². The number of urea groups is 1. The van der Waals surface area contributed by atoms with Crippen LogP contribution in [-0.4, -0.2) is 67.3 Å². The molecule has 2 heterocycles. The zero-order valence-electron chi connectivity index (χ0n) is 18.2. The number of carbonyl (C=O) groups excluding carboxylic acids is 1. The van der Waals surface area contributed by atoms with Gasteiger partial charge in [-0.2, -0.15) is 0 Å². The van der Waals surface area contributed by atoms with E-state index in [1.165, 1.54) is 12.1 Å². The van der Waals surface area contributed by atoms with Crippen LogP contribution in [0.15, 0.2) is 48.5 Å². The van der Waals surface area contributed by atoms with E-state index in [0.717, 1.165) is 24.3 Å². The van der Waals surface area contributed by atoms with Crippen LogP contribution in [0, 0.1) is 0 Å². The van der Waals surface area contributed by atoms with Crippen LogP contribution < -0.4 is 10.2 Å². The van der Waals surface area contributed by atoms with Crippen LogP contribution in [0.4, 0.5) is 16.2 Å². The summed E-state index contributed by atoms with van der Waals surface area (Å²) in [6.45, 7) is 3.09. The number of aliphatic hydroxyl groups is 1. The molecule has 2 amide bonds. The molecule has 0 radical (unpaired) electrons. The molecule has 2 aliphatic heterocycles. The number of rotatable bonds is 4. The molecule has 2 fully saturated rings. The third-order valence-corrected chi connectivity index (χ3v) is 6.89. The standard InChI is InChI=1S/C24H31ClN4O2/c1-27(2)22-11-14-29(17-22)21-9-7-20(8-10-21)26-23(30)28-15-12-24(31,13-16-28)18-3-5-19(25)6-4-18/h3-10,22,31H,11-17H2,1-2H3,(H,26,30). The average Bonchev–Trinajstić information content (AvgIpc) is 3.26. The normalized spacial score (nSPS) is 20.9. The van der Waals surface area contributed by atoms with Crippen molar-refractivity contribution in [2.75, 3.05) is 50.5 Å². The molecular formula is C24H31ClN4O2. The van der Waals surface area contributed by atoms with Crippen molar-refractivity contribution in [2.24, 2.45) is 0 Å². The van der Waals surface area contributed by atoms with Gasteiger partial charge in [0.15, 0.2) is 0 Å². The number of hydrogen-bond donors (Lipinski definition) is 2. The summed E-state index contributed by atoms with van der Waals surface area (Å²) in [6.07, 6.45) is 2.18. The van der Waals surface area contributed by atoms with Crippen LogP contribution in [0.1, 0.15) is 24.8 Å². The molecule has 2 saturated heterocycles. The van der Waals surface area contributed by atoms with Crippen LogP contribution in [0.3, 0.4) is 0 Å². The van der Waals surface area contributed by atoms with Crippen molar-refractivity contribution < 1.29 is 9.90 Å². The zero-order valence-corrected chi connectivity index (χ0v) is 19.0. The molecule has 166 valence electrons. The molecule has 2 aromatic rings. The Hall–Kier alpha value is -2.28. The van der Waals surface area contributed by atoms with Gasteiger partial charge in [0, 0.05) is 48.6 Å². The van der Waals surface area contributed by atoms with E-state index in [0.29, 0.717) is 37.0 Å². The van der Waals surface area contributed by atoms with Gasteiger partial charge in [-0.25, -0.2) is 4.79 Å². The molecule has 7 heteroatoms. The first kappa shape index (κ1) is 21.9. The van der Waals surface area contributed by atoms with Gasteiger partial charge in [-0.05, 0) is 75.3 Å². The lowest BCUT2D eigenvalue weighted by Gasteiger charge is -2.38. The summed E-state index contributed by atoms with van der Waals surface area (Å²) in [5.41, 5.74) is 1.92. The van der Waals surface area contributed by atoms with Gasteiger partial charge in [0.25, 0.3) is 0 Å². The molecule has 0 aromatic heterocycles. The topological polar surface area (TPSA) is 59.0 Å². The first-order valence-corrected chi connectivity index (χ1v) is 11.3. The molecule has 2 aliphatic rings. The first-order valence-electron chi connectivity index (χ1n) is 10.9. The molecule has 2 N–H and O–H groups in total. The lowest BCUT2D eigenvalue weighted by Crippen LogP contribution is -2.46. The average molecular weight is 443 g/mol. The largest absolute Gasteiger partial charge is 0.385 e. The molecule has 2 aromatic carbocycles. The van der Waals surface area contributed by atoms with Crippen molar-refractivity contribution in [3.8, 4) is 0 Å². The zero-order chi connectivity index (χ0) is 22.0. The predicted molar refractivity (Wildman–Crippen MR) is 126 cm³/mol. The van der Waals surface area contributed by atoms with Crippen molar-refractivity contribution in [3.63, 3.8) is 0 Å². The fourth-order valence-electron chi connectivity index (χ4n) is 4.48. The van der Waals surface area contributed by atoms with E-state index in [1.807, 2.05) is 24.3 Å². The van der Waals surface area contributed by atoms with E-state index in [2.05, 4.69) is 41.3 Å². The van der Waals surface area contributed by atoms with Gasteiger partial charge >= 0.3 is 6.03 Å². The van der Waals surface area contributed by atoms with Crippen molar-refractivity contribution in [1.82, 2.24) is 9.80 Å². The molecule has 0 saturated carbocycles. The van der Waals surface area contributed by atoms with E-state index in [-0.39, 0.29) is 6.03 Å². The van der Waals surface area contributed by atoms with E-state index in [4.69, 9.17) is 11.6 Å². The minimum absolute atomic E-state index is 0.125. The van der Waals surface area contributed by atoms with Crippen LogP contribution in [-0.2, 0) is 5.60 Å². The number of hydrogen-bond acceptors (Lipinski definition) is 4. The number of carbonyl (C=O) groups is 1. The maximum absolute atomic E-state index is 12.7. The van der Waals surface area contributed by atoms with Gasteiger partial charge in [-0.15, -0.1) is 0 Å². The Balaban J connectivity index is 1.30. The maximum Gasteiger partial charge on any atom is 0.321 e. The Labute approximate surface area is 189 Å². The third-order valence-electron chi connectivity index (χ3n) is 6.64. The predicted octanol–water partition coefficient (Wildman–Crippen LogP) is 4.00. The number of piperidine rings is 1. The minimum atomic E-state index is -0.914. The van der Waals surface area contributed by atoms with Crippen molar-refractivity contribution in [2.45, 2.75) is 30.9 Å². The second-order valence-corrected chi connectivity index (χ2v) is 9.29. The molecule has 0 bridgehead atoms. The van der Waals surface area contributed by atoms with Gasteiger partial charge in [0.1, 0.15) is 0 Å². The summed E-state index contributed by atoms with van der Waals surface area (Å²) >= 11 is 5.96. The van der Waals surface area contributed by atoms with E-state index in [1.54, 1.807) is 17.0 Å². The molecule has 1 unspecified atom stereocenters. The summed E-state index contributed by atoms with van der Waals surface area (Å²) in [6, 6.07) is 15.8. The number of likely N-dealkylation sites (N-methyl/N-ethyl adjacent to an activating group) is 1. The summed E-state index contributed by atoms with van der Waals surface area (Å²) in [5, 5.41) is 14.6. The second kappa shape index (κ2) is 9.07. The van der Waals surface area contributed by atoms with Crippen molar-refractivity contribution in [3.05, 3.63) is 59.1 Å². The summed E-state index contributed by atoms with van der Waals surface area (Å²) in [7, 11) is 4.26. The highest BCUT2D eigenvalue weighted by Crippen LogP contribution is 2.33. The fourth-order valence-corrected chi connectivity index (χ4v) is 4.61. The molecule has 4 rings (SSSR count). The number of likely N-dealkylation sites (tertiary alicyclic amines) is 1. The number of benzene rings is 2. The monoisotopic (exact) mass is 442 g/mol. The Bertz CT molecular complexity index is 893. The second-order valence-electron chi connectivity index (χ2n) is 8.85. The Morgan fingerprint density at radius 2 is 1.71 bits per heavy atom. The van der Waals surface area contributed by atoms with Gasteiger partial charge in [0.2, 0.25) is 0 Å². The third kappa shape index (κ3) is 4.97. The number of nitrogens with one attached hydrogen (secondary N) is 1. The first-order chi connectivity index (χ1) is 14.8. The number of anilines is 2. The molecule has 0 spiro atoms. The Kier molecular flexibility index (Phi) is 6.42. The van der Waals surface area contributed by atoms with Crippen LogP contribution >= 0.6 is 11.6 Å². The molecule has 0 aliphatic carbocycles. The summed E-state index contributed by atoms with van der Waals surface area (Å²) < 4.78 is 0. The van der Waals surface area contributed by atoms with Gasteiger partial charge < -0.3 is 25.1 Å². The number of halogens is 1. The van der Waals surface area contributed by atoms with Gasteiger partial charge in [0.05, 0.1) is 5.60 Å². The Morgan fingerprint density at radius 3 is 2.29 bits per heavy atom. The van der Waals surface area contributed by atoms with Gasteiger partial charge in [-0.3, -0.25) is 0 Å². The summed E-state index contributed by atoms with van der Waals surface area (Å²) in [5.74, 6) is 0. The summed E-state index contributed by atoms with van der Waals surface area (Å²) in [4.78, 5) is 19.1. The molecule has 6 nitrogen and oxygen atoms in total. The number of nitrogens with zero attached hydrogens (tertiary/aromatic N) is 3. The quantitative estimate of drug-likeness (QED) is 0.751. The van der Waals surface area contributed by atoms with Gasteiger partial charge in [-0.1, -0.05) is 23.7 Å². The molecular weight excluding hydrogens is 412 g/mol. The van der Waals surface area contributed by atoms with Crippen molar-refractivity contribution in [1.29, 1.82) is 0 Å². The highest BCUT2D eigenvalue weighted by molar-refractivity contribution is 6.30. The molecule has 1 atom stereocenters. The number of amides is 2.